The van der Waals surface area contributed by atoms with E-state index in [0.29, 0.717) is 6.54 Å². The summed E-state index contributed by atoms with van der Waals surface area (Å²) in [6.45, 7) is 12.2. The first-order valence-corrected chi connectivity index (χ1v) is 11.7. The molecule has 0 N–H and O–H groups in total. The van der Waals surface area contributed by atoms with Gasteiger partial charge < -0.3 is 4.90 Å². The van der Waals surface area contributed by atoms with Crippen LogP contribution in [0.3, 0.4) is 0 Å². The number of hydrogen-bond acceptors (Lipinski definition) is 5. The standard InChI is InChI=1S/C22H32N4O2S/c1-14(2)20-23-21-19(15(3)16(4)29-21)22(28)26(20)17-8-7-9-24(12-17)13-18(27)25-10-5-6-11-25/h14,17H,5-13H2,1-4H3/t17-/m1/s1. The molecule has 29 heavy (non-hydrogen) atoms. The third-order valence-corrected chi connectivity index (χ3v) is 7.54. The summed E-state index contributed by atoms with van der Waals surface area (Å²) in [7, 11) is 0. The van der Waals surface area contributed by atoms with E-state index >= 15 is 0 Å². The van der Waals surface area contributed by atoms with E-state index < -0.39 is 0 Å². The quantitative estimate of drug-likeness (QED) is 0.766. The third-order valence-electron chi connectivity index (χ3n) is 6.44. The zero-order valence-corrected chi connectivity index (χ0v) is 18.8. The average Bonchev–Trinajstić information content (AvgIpc) is 3.31. The summed E-state index contributed by atoms with van der Waals surface area (Å²) in [5.74, 6) is 1.29. The van der Waals surface area contributed by atoms with Crippen LogP contribution >= 0.6 is 11.3 Å². The molecule has 158 valence electrons. The van der Waals surface area contributed by atoms with Gasteiger partial charge in [0.25, 0.3) is 5.56 Å². The molecule has 0 aliphatic carbocycles. The Morgan fingerprint density at radius 1 is 1.17 bits per heavy atom. The lowest BCUT2D eigenvalue weighted by molar-refractivity contribution is -0.131. The fourth-order valence-electron chi connectivity index (χ4n) is 4.73. The van der Waals surface area contributed by atoms with Crippen molar-refractivity contribution in [2.45, 2.75) is 65.3 Å². The number of piperidine rings is 1. The third kappa shape index (κ3) is 3.87. The summed E-state index contributed by atoms with van der Waals surface area (Å²) in [5.41, 5.74) is 1.15. The van der Waals surface area contributed by atoms with Gasteiger partial charge in [0, 0.05) is 30.4 Å². The van der Waals surface area contributed by atoms with E-state index in [1.807, 2.05) is 16.4 Å². The molecule has 7 heteroatoms. The van der Waals surface area contributed by atoms with E-state index in [4.69, 9.17) is 4.98 Å². The van der Waals surface area contributed by atoms with Gasteiger partial charge in [0.2, 0.25) is 5.91 Å². The lowest BCUT2D eigenvalue weighted by atomic mass is 10.0. The smallest absolute Gasteiger partial charge is 0.262 e. The summed E-state index contributed by atoms with van der Waals surface area (Å²) < 4.78 is 1.96. The molecule has 2 aliphatic rings. The summed E-state index contributed by atoms with van der Waals surface area (Å²) in [5, 5.41) is 0.780. The Hall–Kier alpha value is -1.73. The molecule has 2 fully saturated rings. The maximum atomic E-state index is 13.6. The number of rotatable bonds is 4. The molecule has 0 unspecified atom stereocenters. The molecular formula is C22H32N4O2S. The van der Waals surface area contributed by atoms with Crippen LogP contribution in [-0.2, 0) is 4.79 Å². The SMILES string of the molecule is Cc1sc2nc(C(C)C)n([C@@H]3CCCN(CC(=O)N4CCCC4)C3)c(=O)c2c1C. The molecule has 0 saturated carbocycles. The molecule has 0 radical (unpaired) electrons. The number of fused-ring (bicyclic) bond motifs is 1. The number of aromatic nitrogens is 2. The van der Waals surface area contributed by atoms with Gasteiger partial charge in [-0.2, -0.15) is 0 Å². The van der Waals surface area contributed by atoms with Crippen molar-refractivity contribution >= 4 is 27.5 Å². The highest BCUT2D eigenvalue weighted by Gasteiger charge is 2.29. The predicted octanol–water partition coefficient (Wildman–Crippen LogP) is 3.46. The first kappa shape index (κ1) is 20.5. The van der Waals surface area contributed by atoms with Crippen molar-refractivity contribution in [3.05, 3.63) is 26.6 Å². The van der Waals surface area contributed by atoms with E-state index in [0.717, 1.165) is 73.5 Å². The van der Waals surface area contributed by atoms with Crippen molar-refractivity contribution in [2.75, 3.05) is 32.7 Å². The minimum atomic E-state index is 0.0801. The van der Waals surface area contributed by atoms with Crippen molar-refractivity contribution in [1.82, 2.24) is 19.4 Å². The molecule has 0 aromatic carbocycles. The van der Waals surface area contributed by atoms with Crippen LogP contribution in [0, 0.1) is 13.8 Å². The molecule has 6 nitrogen and oxygen atoms in total. The van der Waals surface area contributed by atoms with E-state index in [2.05, 4.69) is 25.7 Å². The van der Waals surface area contributed by atoms with Gasteiger partial charge in [-0.3, -0.25) is 19.1 Å². The van der Waals surface area contributed by atoms with Crippen molar-refractivity contribution in [2.24, 2.45) is 0 Å². The van der Waals surface area contributed by atoms with Crippen LogP contribution in [0.4, 0.5) is 0 Å². The van der Waals surface area contributed by atoms with Crippen LogP contribution in [0.5, 0.6) is 0 Å². The molecule has 2 aromatic heterocycles. The van der Waals surface area contributed by atoms with Gasteiger partial charge in [0.15, 0.2) is 0 Å². The molecule has 2 aliphatic heterocycles. The van der Waals surface area contributed by atoms with E-state index in [9.17, 15) is 9.59 Å². The minimum absolute atomic E-state index is 0.0801. The van der Waals surface area contributed by atoms with Crippen molar-refractivity contribution in [3.63, 3.8) is 0 Å². The van der Waals surface area contributed by atoms with Crippen LogP contribution in [-0.4, -0.2) is 58.0 Å². The minimum Gasteiger partial charge on any atom is -0.342 e. The molecule has 1 amide bonds. The van der Waals surface area contributed by atoms with E-state index in [1.165, 1.54) is 4.88 Å². The van der Waals surface area contributed by atoms with E-state index in [-0.39, 0.29) is 23.4 Å². The van der Waals surface area contributed by atoms with Gasteiger partial charge in [-0.1, -0.05) is 13.8 Å². The van der Waals surface area contributed by atoms with Gasteiger partial charge in [0.1, 0.15) is 10.7 Å². The van der Waals surface area contributed by atoms with Gasteiger partial charge in [0.05, 0.1) is 18.0 Å². The zero-order chi connectivity index (χ0) is 20.7. The zero-order valence-electron chi connectivity index (χ0n) is 18.0. The van der Waals surface area contributed by atoms with Crippen LogP contribution < -0.4 is 5.56 Å². The van der Waals surface area contributed by atoms with Crippen LogP contribution in [0.2, 0.25) is 0 Å². The number of hydrogen-bond donors (Lipinski definition) is 0. The Labute approximate surface area is 176 Å². The Morgan fingerprint density at radius 2 is 1.90 bits per heavy atom. The summed E-state index contributed by atoms with van der Waals surface area (Å²) in [6.07, 6.45) is 4.20. The monoisotopic (exact) mass is 416 g/mol. The highest BCUT2D eigenvalue weighted by atomic mass is 32.1. The van der Waals surface area contributed by atoms with Crippen molar-refractivity contribution in [3.8, 4) is 0 Å². The van der Waals surface area contributed by atoms with Gasteiger partial charge in [-0.25, -0.2) is 4.98 Å². The molecule has 2 aromatic rings. The molecule has 4 heterocycles. The Bertz CT molecular complexity index is 971. The maximum absolute atomic E-state index is 13.6. The fourth-order valence-corrected chi connectivity index (χ4v) is 5.75. The largest absolute Gasteiger partial charge is 0.342 e. The summed E-state index contributed by atoms with van der Waals surface area (Å²) >= 11 is 1.62. The Kier molecular flexibility index (Phi) is 5.80. The van der Waals surface area contributed by atoms with Crippen LogP contribution in [0.15, 0.2) is 4.79 Å². The molecule has 0 bridgehead atoms. The average molecular weight is 417 g/mol. The number of nitrogens with zero attached hydrogens (tertiary/aromatic N) is 4. The Morgan fingerprint density at radius 3 is 2.59 bits per heavy atom. The highest BCUT2D eigenvalue weighted by molar-refractivity contribution is 7.18. The second-order valence-electron chi connectivity index (χ2n) is 8.88. The highest BCUT2D eigenvalue weighted by Crippen LogP contribution is 2.30. The van der Waals surface area contributed by atoms with Crippen molar-refractivity contribution in [1.29, 1.82) is 0 Å². The number of likely N-dealkylation sites (tertiary alicyclic amines) is 2. The number of carbonyl (C=O) groups is 1. The molecule has 2 saturated heterocycles. The summed E-state index contributed by atoms with van der Waals surface area (Å²) in [4.78, 5) is 37.4. The first-order chi connectivity index (χ1) is 13.9. The van der Waals surface area contributed by atoms with Gasteiger partial charge >= 0.3 is 0 Å². The van der Waals surface area contributed by atoms with E-state index in [1.54, 1.807) is 11.3 Å². The fraction of sp³-hybridized carbons (Fsp3) is 0.682. The lowest BCUT2D eigenvalue weighted by Gasteiger charge is -2.35. The number of thiophene rings is 1. The van der Waals surface area contributed by atoms with Crippen LogP contribution in [0.1, 0.15) is 67.8 Å². The lowest BCUT2D eigenvalue weighted by Crippen LogP contribution is -2.45. The second kappa shape index (κ2) is 8.19. The topological polar surface area (TPSA) is 58.4 Å². The number of carbonyl (C=O) groups excluding carboxylic acids is 1. The Balaban J connectivity index is 1.65. The molecule has 0 spiro atoms. The predicted molar refractivity (Wildman–Crippen MR) is 118 cm³/mol. The van der Waals surface area contributed by atoms with Crippen LogP contribution in [0.25, 0.3) is 10.2 Å². The molecular weight excluding hydrogens is 384 g/mol. The summed E-state index contributed by atoms with van der Waals surface area (Å²) in [6, 6.07) is 0.0801. The van der Waals surface area contributed by atoms with Gasteiger partial charge in [-0.15, -0.1) is 11.3 Å². The molecule has 1 atom stereocenters. The number of amides is 1. The first-order valence-electron chi connectivity index (χ1n) is 10.9. The number of aryl methyl sites for hydroxylation is 2. The normalized spacial score (nSPS) is 20.9. The maximum Gasteiger partial charge on any atom is 0.262 e. The van der Waals surface area contributed by atoms with Gasteiger partial charge in [-0.05, 0) is 51.6 Å². The molecule has 4 rings (SSSR count). The van der Waals surface area contributed by atoms with Crippen molar-refractivity contribution < 1.29 is 4.79 Å². The second-order valence-corrected chi connectivity index (χ2v) is 10.1.